The van der Waals surface area contributed by atoms with Crippen LogP contribution in [0.15, 0.2) is 18.2 Å². The summed E-state index contributed by atoms with van der Waals surface area (Å²) in [6, 6.07) is 6.39. The first-order valence-electron chi connectivity index (χ1n) is 10.4. The Balaban J connectivity index is 1.36. The number of methoxy groups -OCH3 is 1. The highest BCUT2D eigenvalue weighted by atomic mass is 16.5. The molecule has 0 bridgehead atoms. The Morgan fingerprint density at radius 1 is 1.21 bits per heavy atom. The van der Waals surface area contributed by atoms with Crippen molar-refractivity contribution in [3.8, 4) is 5.75 Å². The molecule has 3 saturated heterocycles. The van der Waals surface area contributed by atoms with Crippen LogP contribution in [0.3, 0.4) is 0 Å². The molecule has 1 aromatic rings. The molecule has 1 aromatic carbocycles. The zero-order valence-corrected chi connectivity index (χ0v) is 17.7. The molecule has 29 heavy (non-hydrogen) atoms. The number of carbonyl (C=O) groups excluding carboxylic acids is 2. The van der Waals surface area contributed by atoms with E-state index < -0.39 is 0 Å². The largest absolute Gasteiger partial charge is 0.496 e. The van der Waals surface area contributed by atoms with Crippen LogP contribution in [-0.4, -0.2) is 73.8 Å². The lowest BCUT2D eigenvalue weighted by Gasteiger charge is -2.46. The van der Waals surface area contributed by atoms with Gasteiger partial charge in [0, 0.05) is 32.1 Å². The maximum atomic E-state index is 12.9. The molecule has 3 fully saturated rings. The number of ether oxygens (including phenoxy) is 2. The van der Waals surface area contributed by atoms with Crippen molar-refractivity contribution in [1.29, 1.82) is 0 Å². The minimum absolute atomic E-state index is 0.0229. The molecule has 2 atom stereocenters. The predicted molar refractivity (Wildman–Crippen MR) is 109 cm³/mol. The molecular weight excluding hydrogens is 370 g/mol. The van der Waals surface area contributed by atoms with Crippen LogP contribution in [0.4, 0.5) is 4.79 Å². The van der Waals surface area contributed by atoms with Crippen LogP contribution in [0.1, 0.15) is 44.2 Å². The zero-order valence-electron chi connectivity index (χ0n) is 17.7. The Morgan fingerprint density at radius 2 is 1.97 bits per heavy atom. The van der Waals surface area contributed by atoms with Gasteiger partial charge in [-0.1, -0.05) is 32.9 Å². The third kappa shape index (κ3) is 3.92. The number of hydrogen-bond donors (Lipinski definition) is 1. The minimum Gasteiger partial charge on any atom is -0.496 e. The number of carbonyl (C=O) groups is 2. The lowest BCUT2D eigenvalue weighted by Crippen LogP contribution is -2.63. The topological polar surface area (TPSA) is 71.1 Å². The molecule has 0 unspecified atom stereocenters. The smallest absolute Gasteiger partial charge is 0.320 e. The van der Waals surface area contributed by atoms with Gasteiger partial charge in [-0.3, -0.25) is 4.79 Å². The van der Waals surface area contributed by atoms with Gasteiger partial charge in [0.2, 0.25) is 5.91 Å². The maximum Gasteiger partial charge on any atom is 0.320 e. The summed E-state index contributed by atoms with van der Waals surface area (Å²) in [4.78, 5) is 28.2. The normalized spacial score (nSPS) is 25.2. The van der Waals surface area contributed by atoms with E-state index in [-0.39, 0.29) is 36.1 Å². The molecule has 0 radical (unpaired) electrons. The van der Waals surface area contributed by atoms with Gasteiger partial charge in [-0.15, -0.1) is 0 Å². The number of morpholine rings is 1. The van der Waals surface area contributed by atoms with E-state index in [0.717, 1.165) is 12.2 Å². The molecule has 4 rings (SSSR count). The van der Waals surface area contributed by atoms with E-state index >= 15 is 0 Å². The summed E-state index contributed by atoms with van der Waals surface area (Å²) >= 11 is 0. The third-order valence-electron chi connectivity index (χ3n) is 6.25. The molecule has 0 aromatic heterocycles. The van der Waals surface area contributed by atoms with E-state index in [1.165, 1.54) is 11.1 Å². The molecule has 3 amide bonds. The number of amides is 3. The van der Waals surface area contributed by atoms with Gasteiger partial charge in [0.05, 0.1) is 19.3 Å². The molecule has 3 aliphatic heterocycles. The standard InChI is InChI=1S/C22H31N3O4/c1-22(2,3)16-6-5-14(9-19(16)28-4)15-10-25(11-15)21(27)24-8-7-18-17(12-24)23-20(26)13-29-18/h5-6,9,15,17-18H,7-8,10-13H2,1-4H3,(H,23,26)/t17-,18+/m1/s1. The molecular formula is C22H31N3O4. The van der Waals surface area contributed by atoms with E-state index in [4.69, 9.17) is 9.47 Å². The van der Waals surface area contributed by atoms with Crippen LogP contribution in [0.25, 0.3) is 0 Å². The molecule has 3 heterocycles. The van der Waals surface area contributed by atoms with E-state index in [0.29, 0.717) is 32.1 Å². The summed E-state index contributed by atoms with van der Waals surface area (Å²) in [6.07, 6.45) is 0.786. The van der Waals surface area contributed by atoms with Crippen molar-refractivity contribution in [2.75, 3.05) is 39.9 Å². The highest BCUT2D eigenvalue weighted by Crippen LogP contribution is 2.36. The first-order chi connectivity index (χ1) is 13.8. The van der Waals surface area contributed by atoms with Crippen molar-refractivity contribution >= 4 is 11.9 Å². The maximum absolute atomic E-state index is 12.9. The third-order valence-corrected chi connectivity index (χ3v) is 6.25. The highest BCUT2D eigenvalue weighted by molar-refractivity contribution is 5.79. The quantitative estimate of drug-likeness (QED) is 0.824. The number of hydrogen-bond acceptors (Lipinski definition) is 4. The number of piperidine rings is 1. The molecule has 1 N–H and O–H groups in total. The molecule has 3 aliphatic rings. The van der Waals surface area contributed by atoms with Gasteiger partial charge in [0.25, 0.3) is 0 Å². The Hall–Kier alpha value is -2.28. The highest BCUT2D eigenvalue weighted by Gasteiger charge is 2.40. The monoisotopic (exact) mass is 401 g/mol. The van der Waals surface area contributed by atoms with Gasteiger partial charge in [0.1, 0.15) is 12.4 Å². The van der Waals surface area contributed by atoms with E-state index in [1.54, 1.807) is 7.11 Å². The van der Waals surface area contributed by atoms with Crippen molar-refractivity contribution in [3.63, 3.8) is 0 Å². The predicted octanol–water partition coefficient (Wildman–Crippen LogP) is 2.10. The summed E-state index contributed by atoms with van der Waals surface area (Å²) < 4.78 is 11.2. The fraction of sp³-hybridized carbons (Fsp3) is 0.636. The van der Waals surface area contributed by atoms with Crippen molar-refractivity contribution in [3.05, 3.63) is 29.3 Å². The lowest BCUT2D eigenvalue weighted by atomic mass is 9.83. The molecule has 0 spiro atoms. The number of rotatable bonds is 2. The van der Waals surface area contributed by atoms with Crippen LogP contribution in [0.2, 0.25) is 0 Å². The minimum atomic E-state index is -0.0998. The Labute approximate surface area is 172 Å². The lowest BCUT2D eigenvalue weighted by molar-refractivity contribution is -0.139. The van der Waals surface area contributed by atoms with Gasteiger partial charge in [-0.05, 0) is 29.0 Å². The van der Waals surface area contributed by atoms with Crippen LogP contribution in [0.5, 0.6) is 5.75 Å². The second kappa shape index (κ2) is 7.52. The van der Waals surface area contributed by atoms with Crippen molar-refractivity contribution in [1.82, 2.24) is 15.1 Å². The van der Waals surface area contributed by atoms with Gasteiger partial charge in [-0.2, -0.15) is 0 Å². The van der Waals surface area contributed by atoms with Crippen molar-refractivity contribution in [2.24, 2.45) is 0 Å². The molecule has 0 saturated carbocycles. The van der Waals surface area contributed by atoms with Gasteiger partial charge >= 0.3 is 6.03 Å². The Morgan fingerprint density at radius 3 is 2.66 bits per heavy atom. The second-order valence-electron chi connectivity index (χ2n) is 9.35. The first-order valence-corrected chi connectivity index (χ1v) is 10.4. The summed E-state index contributed by atoms with van der Waals surface area (Å²) in [5.41, 5.74) is 2.43. The number of urea groups is 1. The average Bonchev–Trinajstić information content (AvgIpc) is 2.65. The SMILES string of the molecule is COc1cc(C2CN(C(=O)N3CC[C@@H]4OCC(=O)N[C@@H]4C3)C2)ccc1C(C)(C)C. The fourth-order valence-electron chi connectivity index (χ4n) is 4.50. The zero-order chi connectivity index (χ0) is 20.8. The van der Waals surface area contributed by atoms with Gasteiger partial charge < -0.3 is 24.6 Å². The van der Waals surface area contributed by atoms with Gasteiger partial charge in [-0.25, -0.2) is 4.79 Å². The average molecular weight is 402 g/mol. The number of nitrogens with zero attached hydrogens (tertiary/aromatic N) is 2. The van der Waals surface area contributed by atoms with E-state index in [2.05, 4.69) is 44.3 Å². The molecule has 0 aliphatic carbocycles. The van der Waals surface area contributed by atoms with Crippen LogP contribution in [0, 0.1) is 0 Å². The van der Waals surface area contributed by atoms with E-state index in [1.807, 2.05) is 9.80 Å². The summed E-state index contributed by atoms with van der Waals surface area (Å²) in [6.45, 7) is 9.27. The molecule has 7 heteroatoms. The summed E-state index contributed by atoms with van der Waals surface area (Å²) in [5, 5.41) is 2.95. The Kier molecular flexibility index (Phi) is 5.19. The fourth-order valence-corrected chi connectivity index (χ4v) is 4.50. The first kappa shape index (κ1) is 20.0. The number of nitrogens with one attached hydrogen (secondary N) is 1. The Bertz CT molecular complexity index is 798. The van der Waals surface area contributed by atoms with Crippen LogP contribution >= 0.6 is 0 Å². The van der Waals surface area contributed by atoms with Gasteiger partial charge in [0.15, 0.2) is 0 Å². The van der Waals surface area contributed by atoms with Crippen molar-refractivity contribution < 1.29 is 19.1 Å². The molecule has 7 nitrogen and oxygen atoms in total. The molecule has 158 valence electrons. The second-order valence-corrected chi connectivity index (χ2v) is 9.35. The number of likely N-dealkylation sites (tertiary alicyclic amines) is 2. The van der Waals surface area contributed by atoms with Crippen LogP contribution in [-0.2, 0) is 14.9 Å². The van der Waals surface area contributed by atoms with Crippen molar-refractivity contribution in [2.45, 2.75) is 50.7 Å². The number of fused-ring (bicyclic) bond motifs is 1. The summed E-state index contributed by atoms with van der Waals surface area (Å²) in [7, 11) is 1.71. The summed E-state index contributed by atoms with van der Waals surface area (Å²) in [5.74, 6) is 1.14. The number of benzene rings is 1. The van der Waals surface area contributed by atoms with Crippen LogP contribution < -0.4 is 10.1 Å². The van der Waals surface area contributed by atoms with E-state index in [9.17, 15) is 9.59 Å².